The number of nitrogens with zero attached hydrogens (tertiary/aromatic N) is 2. The number of hydrogen-bond acceptors (Lipinski definition) is 4. The molecular weight excluding hydrogens is 464 g/mol. The summed E-state index contributed by atoms with van der Waals surface area (Å²) in [5.41, 5.74) is 3.61. The molecule has 0 aliphatic carbocycles. The summed E-state index contributed by atoms with van der Waals surface area (Å²) < 4.78 is 0. The first kappa shape index (κ1) is 25.3. The molecule has 1 heterocycles. The van der Waals surface area contributed by atoms with Crippen LogP contribution in [0.1, 0.15) is 33.1 Å². The van der Waals surface area contributed by atoms with Crippen LogP contribution in [0.2, 0.25) is 0 Å². The number of aromatic nitrogens is 1. The van der Waals surface area contributed by atoms with Crippen molar-refractivity contribution in [1.82, 2.24) is 15.2 Å². The summed E-state index contributed by atoms with van der Waals surface area (Å²) in [6.45, 7) is 1.88. The van der Waals surface area contributed by atoms with E-state index in [0.29, 0.717) is 16.8 Å². The van der Waals surface area contributed by atoms with Crippen LogP contribution in [0.3, 0.4) is 0 Å². The second-order valence-corrected chi connectivity index (χ2v) is 8.59. The molecule has 1 unspecified atom stereocenters. The molecule has 4 aromatic rings. The lowest BCUT2D eigenvalue weighted by molar-refractivity contribution is -0.138. The third-order valence-corrected chi connectivity index (χ3v) is 5.85. The molecule has 7 nitrogen and oxygen atoms in total. The van der Waals surface area contributed by atoms with E-state index in [-0.39, 0.29) is 24.9 Å². The summed E-state index contributed by atoms with van der Waals surface area (Å²) in [7, 11) is 0. The number of aryl methyl sites for hydroxylation is 1. The Balaban J connectivity index is 1.63. The van der Waals surface area contributed by atoms with Crippen molar-refractivity contribution in [2.45, 2.75) is 19.5 Å². The van der Waals surface area contributed by atoms with Crippen molar-refractivity contribution >= 4 is 23.4 Å². The second-order valence-electron chi connectivity index (χ2n) is 8.59. The Morgan fingerprint density at radius 3 is 2.08 bits per heavy atom. The van der Waals surface area contributed by atoms with Gasteiger partial charge >= 0.3 is 0 Å². The largest absolute Gasteiger partial charge is 0.343 e. The fourth-order valence-corrected chi connectivity index (χ4v) is 3.92. The molecule has 3 aromatic carbocycles. The van der Waals surface area contributed by atoms with E-state index in [0.717, 1.165) is 11.1 Å². The maximum absolute atomic E-state index is 13.7. The van der Waals surface area contributed by atoms with Crippen molar-refractivity contribution in [2.24, 2.45) is 0 Å². The summed E-state index contributed by atoms with van der Waals surface area (Å²) in [6, 6.07) is 28.0. The highest BCUT2D eigenvalue weighted by Crippen LogP contribution is 2.25. The van der Waals surface area contributed by atoms with E-state index in [4.69, 9.17) is 0 Å². The van der Waals surface area contributed by atoms with Crippen molar-refractivity contribution in [3.05, 3.63) is 132 Å². The van der Waals surface area contributed by atoms with Gasteiger partial charge in [-0.1, -0.05) is 66.2 Å². The summed E-state index contributed by atoms with van der Waals surface area (Å²) in [6.07, 6.45) is 3.17. The van der Waals surface area contributed by atoms with Crippen LogP contribution < -0.4 is 10.6 Å². The molecule has 0 saturated carbocycles. The summed E-state index contributed by atoms with van der Waals surface area (Å²) >= 11 is 0. The zero-order chi connectivity index (χ0) is 26.0. The van der Waals surface area contributed by atoms with Gasteiger partial charge in [0.25, 0.3) is 11.8 Å². The summed E-state index contributed by atoms with van der Waals surface area (Å²) in [4.78, 5) is 45.5. The molecule has 0 aliphatic heterocycles. The lowest BCUT2D eigenvalue weighted by Crippen LogP contribution is -2.45. The van der Waals surface area contributed by atoms with Gasteiger partial charge in [-0.3, -0.25) is 19.4 Å². The zero-order valence-electron chi connectivity index (χ0n) is 20.5. The normalized spacial score (nSPS) is 11.3. The number of benzene rings is 3. The Kier molecular flexibility index (Phi) is 8.39. The van der Waals surface area contributed by atoms with Gasteiger partial charge in [-0.25, -0.2) is 0 Å². The van der Waals surface area contributed by atoms with Gasteiger partial charge in [-0.05, 0) is 54.4 Å². The van der Waals surface area contributed by atoms with Crippen LogP contribution in [-0.2, 0) is 16.1 Å². The number of hydrogen-bond donors (Lipinski definition) is 2. The van der Waals surface area contributed by atoms with Gasteiger partial charge in [0.15, 0.2) is 0 Å². The van der Waals surface area contributed by atoms with E-state index < -0.39 is 11.9 Å². The SMILES string of the molecule is Cc1ccc(NC(=O)C(c2ccncc2)N(Cc2ccccc2)C(=O)CNC(=O)c2ccccc2)cc1. The molecule has 1 aromatic heterocycles. The van der Waals surface area contributed by atoms with Gasteiger partial charge in [-0.2, -0.15) is 0 Å². The minimum absolute atomic E-state index is 0.176. The Morgan fingerprint density at radius 2 is 1.43 bits per heavy atom. The van der Waals surface area contributed by atoms with Crippen LogP contribution in [0, 0.1) is 6.92 Å². The van der Waals surface area contributed by atoms with Gasteiger partial charge in [0.05, 0.1) is 6.54 Å². The first-order valence-electron chi connectivity index (χ1n) is 12.0. The van der Waals surface area contributed by atoms with Crippen molar-refractivity contribution in [3.63, 3.8) is 0 Å². The van der Waals surface area contributed by atoms with E-state index in [1.807, 2.05) is 67.6 Å². The van der Waals surface area contributed by atoms with Crippen molar-refractivity contribution < 1.29 is 14.4 Å². The van der Waals surface area contributed by atoms with Gasteiger partial charge in [0, 0.05) is 30.2 Å². The molecule has 37 heavy (non-hydrogen) atoms. The maximum atomic E-state index is 13.7. The van der Waals surface area contributed by atoms with E-state index in [9.17, 15) is 14.4 Å². The average molecular weight is 493 g/mol. The summed E-state index contributed by atoms with van der Waals surface area (Å²) in [5.74, 6) is -1.12. The minimum Gasteiger partial charge on any atom is -0.343 e. The standard InChI is InChI=1S/C30H28N4O3/c1-22-12-14-26(15-13-22)33-30(37)28(24-16-18-31-19-17-24)34(21-23-8-4-2-5-9-23)27(35)20-32-29(36)25-10-6-3-7-11-25/h2-19,28H,20-21H2,1H3,(H,32,36)(H,33,37). The number of rotatable bonds is 9. The van der Waals surface area contributed by atoms with Crippen LogP contribution in [-0.4, -0.2) is 34.2 Å². The monoisotopic (exact) mass is 492 g/mol. The van der Waals surface area contributed by atoms with Crippen LogP contribution >= 0.6 is 0 Å². The Bertz CT molecular complexity index is 1330. The van der Waals surface area contributed by atoms with E-state index in [1.165, 1.54) is 4.90 Å². The molecule has 2 N–H and O–H groups in total. The number of nitrogens with one attached hydrogen (secondary N) is 2. The molecule has 4 rings (SSSR count). The van der Waals surface area contributed by atoms with Crippen LogP contribution in [0.4, 0.5) is 5.69 Å². The number of carbonyl (C=O) groups is 3. The smallest absolute Gasteiger partial charge is 0.251 e. The highest BCUT2D eigenvalue weighted by Gasteiger charge is 2.32. The quantitative estimate of drug-likeness (QED) is 0.359. The van der Waals surface area contributed by atoms with Crippen LogP contribution in [0.15, 0.2) is 109 Å². The first-order chi connectivity index (χ1) is 18.0. The lowest BCUT2D eigenvalue weighted by atomic mass is 10.0. The minimum atomic E-state index is -0.953. The topological polar surface area (TPSA) is 91.4 Å². The van der Waals surface area contributed by atoms with E-state index in [1.54, 1.807) is 48.8 Å². The van der Waals surface area contributed by atoms with Gasteiger partial charge in [0.2, 0.25) is 5.91 Å². The molecule has 0 saturated heterocycles. The number of amides is 3. The fourth-order valence-electron chi connectivity index (χ4n) is 3.92. The molecule has 0 aliphatic rings. The second kappa shape index (κ2) is 12.3. The third kappa shape index (κ3) is 6.89. The van der Waals surface area contributed by atoms with Crippen molar-refractivity contribution in [2.75, 3.05) is 11.9 Å². The van der Waals surface area contributed by atoms with E-state index in [2.05, 4.69) is 15.6 Å². The molecule has 186 valence electrons. The highest BCUT2D eigenvalue weighted by molar-refractivity contribution is 5.99. The third-order valence-electron chi connectivity index (χ3n) is 5.85. The Morgan fingerprint density at radius 1 is 0.811 bits per heavy atom. The van der Waals surface area contributed by atoms with Crippen molar-refractivity contribution in [3.8, 4) is 0 Å². The maximum Gasteiger partial charge on any atom is 0.251 e. The molecule has 7 heteroatoms. The Hall–Kier alpha value is -4.78. The molecule has 0 radical (unpaired) electrons. The predicted molar refractivity (Wildman–Crippen MR) is 143 cm³/mol. The average Bonchev–Trinajstić information content (AvgIpc) is 2.94. The van der Waals surface area contributed by atoms with Gasteiger partial charge in [0.1, 0.15) is 6.04 Å². The van der Waals surface area contributed by atoms with E-state index >= 15 is 0 Å². The number of carbonyl (C=O) groups excluding carboxylic acids is 3. The number of anilines is 1. The molecule has 0 fully saturated rings. The Labute approximate surface area is 216 Å². The van der Waals surface area contributed by atoms with Gasteiger partial charge < -0.3 is 15.5 Å². The summed E-state index contributed by atoms with van der Waals surface area (Å²) in [5, 5.41) is 5.63. The molecule has 1 atom stereocenters. The lowest BCUT2D eigenvalue weighted by Gasteiger charge is -2.31. The van der Waals surface area contributed by atoms with Crippen LogP contribution in [0.25, 0.3) is 0 Å². The first-order valence-corrected chi connectivity index (χ1v) is 12.0. The van der Waals surface area contributed by atoms with Gasteiger partial charge in [-0.15, -0.1) is 0 Å². The highest BCUT2D eigenvalue weighted by atomic mass is 16.2. The molecule has 3 amide bonds. The van der Waals surface area contributed by atoms with Crippen LogP contribution in [0.5, 0.6) is 0 Å². The molecule has 0 spiro atoms. The fraction of sp³-hybridized carbons (Fsp3) is 0.133. The zero-order valence-corrected chi connectivity index (χ0v) is 20.5. The predicted octanol–water partition coefficient (Wildman–Crippen LogP) is 4.53. The number of pyridine rings is 1. The molecular formula is C30H28N4O3. The van der Waals surface area contributed by atoms with Crippen molar-refractivity contribution in [1.29, 1.82) is 0 Å². The molecule has 0 bridgehead atoms.